The summed E-state index contributed by atoms with van der Waals surface area (Å²) in [6, 6.07) is 0. The van der Waals surface area contributed by atoms with Gasteiger partial charge in [0.1, 0.15) is 11.2 Å². The lowest BCUT2D eigenvalue weighted by Gasteiger charge is -2.30. The average Bonchev–Trinajstić information content (AvgIpc) is 2.34. The summed E-state index contributed by atoms with van der Waals surface area (Å²) in [5, 5.41) is 9.15. The predicted molar refractivity (Wildman–Crippen MR) is 72.4 cm³/mol. The van der Waals surface area contributed by atoms with Crippen LogP contribution in [0, 0.1) is 13.8 Å². The van der Waals surface area contributed by atoms with Gasteiger partial charge in [-0.1, -0.05) is 13.8 Å². The Bertz CT molecular complexity index is 445. The number of ether oxygens (including phenoxy) is 1. The molecule has 0 aromatic carbocycles. The molecule has 1 aromatic heterocycles. The topological polar surface area (TPSA) is 72.3 Å². The van der Waals surface area contributed by atoms with Crippen LogP contribution in [-0.4, -0.2) is 27.7 Å². The van der Waals surface area contributed by atoms with Gasteiger partial charge in [-0.25, -0.2) is 14.8 Å². The minimum atomic E-state index is -0.989. The lowest BCUT2D eigenvalue weighted by molar-refractivity contribution is -0.0574. The summed E-state index contributed by atoms with van der Waals surface area (Å²) >= 11 is 0. The smallest absolute Gasteiger partial charge is 0.339 e. The molecule has 0 unspecified atom stereocenters. The first-order valence-electron chi connectivity index (χ1n) is 6.64. The molecule has 0 aliphatic carbocycles. The van der Waals surface area contributed by atoms with Gasteiger partial charge in [0.2, 0.25) is 0 Å². The maximum atomic E-state index is 11.2. The van der Waals surface area contributed by atoms with Crippen LogP contribution in [0.5, 0.6) is 0 Å². The van der Waals surface area contributed by atoms with Crippen LogP contribution in [0.25, 0.3) is 0 Å². The minimum absolute atomic E-state index is 0.182. The molecule has 1 aromatic rings. The van der Waals surface area contributed by atoms with Gasteiger partial charge in [-0.3, -0.25) is 0 Å². The van der Waals surface area contributed by atoms with Gasteiger partial charge in [0, 0.05) is 6.61 Å². The maximum Gasteiger partial charge on any atom is 0.339 e. The average molecular weight is 266 g/mol. The molecule has 1 N–H and O–H groups in total. The van der Waals surface area contributed by atoms with E-state index in [1.165, 1.54) is 0 Å². The van der Waals surface area contributed by atoms with Gasteiger partial charge in [-0.15, -0.1) is 0 Å². The molecule has 5 heteroatoms. The van der Waals surface area contributed by atoms with Crippen molar-refractivity contribution in [3.8, 4) is 0 Å². The summed E-state index contributed by atoms with van der Waals surface area (Å²) in [4.78, 5) is 19.9. The second-order valence-electron chi connectivity index (χ2n) is 4.53. The second-order valence-corrected chi connectivity index (χ2v) is 4.53. The third kappa shape index (κ3) is 2.92. The highest BCUT2D eigenvalue weighted by atomic mass is 16.5. The van der Waals surface area contributed by atoms with Crippen LogP contribution < -0.4 is 0 Å². The van der Waals surface area contributed by atoms with E-state index in [9.17, 15) is 4.79 Å². The number of hydrogen-bond donors (Lipinski definition) is 1. The Balaban J connectivity index is 3.38. The van der Waals surface area contributed by atoms with Crippen LogP contribution in [0.15, 0.2) is 0 Å². The normalized spacial score (nSPS) is 11.6. The summed E-state index contributed by atoms with van der Waals surface area (Å²) in [7, 11) is 0. The first-order chi connectivity index (χ1) is 8.91. The molecule has 0 saturated heterocycles. The van der Waals surface area contributed by atoms with Gasteiger partial charge >= 0.3 is 5.97 Å². The van der Waals surface area contributed by atoms with Gasteiger partial charge in [-0.2, -0.15) is 0 Å². The monoisotopic (exact) mass is 266 g/mol. The maximum absolute atomic E-state index is 11.2. The van der Waals surface area contributed by atoms with E-state index in [0.717, 1.165) is 12.8 Å². The summed E-state index contributed by atoms with van der Waals surface area (Å²) in [5.41, 5.74) is 0.629. The fraction of sp³-hybridized carbons (Fsp3) is 0.643. The highest BCUT2D eigenvalue weighted by Crippen LogP contribution is 2.31. The molecule has 0 spiro atoms. The summed E-state index contributed by atoms with van der Waals surface area (Å²) in [5.74, 6) is -0.407. The zero-order valence-electron chi connectivity index (χ0n) is 12.3. The van der Waals surface area contributed by atoms with Crippen molar-refractivity contribution < 1.29 is 14.6 Å². The molecule has 0 aliphatic rings. The number of carboxylic acids is 1. The SMILES string of the molecule is CCOC(CC)(CC)c1nc(C)c(C(=O)O)c(C)n1. The molecule has 0 atom stereocenters. The molecule has 0 radical (unpaired) electrons. The Morgan fingerprint density at radius 1 is 1.16 bits per heavy atom. The predicted octanol–water partition coefficient (Wildman–Crippen LogP) is 2.84. The Labute approximate surface area is 114 Å². The number of aryl methyl sites for hydroxylation is 2. The first kappa shape index (κ1) is 15.6. The molecule has 5 nitrogen and oxygen atoms in total. The van der Waals surface area contributed by atoms with Crippen LogP contribution >= 0.6 is 0 Å². The summed E-state index contributed by atoms with van der Waals surface area (Å²) in [6.45, 7) is 9.96. The van der Waals surface area contributed by atoms with Gasteiger partial charge in [-0.05, 0) is 33.6 Å². The molecule has 0 aliphatic heterocycles. The molecule has 19 heavy (non-hydrogen) atoms. The van der Waals surface area contributed by atoms with Crippen molar-refractivity contribution in [1.82, 2.24) is 9.97 Å². The number of rotatable bonds is 6. The molecule has 106 valence electrons. The number of hydrogen-bond acceptors (Lipinski definition) is 4. The van der Waals surface area contributed by atoms with Gasteiger partial charge in [0.15, 0.2) is 5.82 Å². The van der Waals surface area contributed by atoms with E-state index in [1.54, 1.807) is 13.8 Å². The molecule has 1 rings (SSSR count). The molecular weight excluding hydrogens is 244 g/mol. The number of carboxylic acid groups (broad SMARTS) is 1. The van der Waals surface area contributed by atoms with Crippen LogP contribution in [0.3, 0.4) is 0 Å². The fourth-order valence-corrected chi connectivity index (χ4v) is 2.34. The largest absolute Gasteiger partial charge is 0.478 e. The standard InChI is InChI=1S/C14H22N2O3/c1-6-14(7-2,19-8-3)13-15-9(4)11(12(17)18)10(5)16-13/h6-8H2,1-5H3,(H,17,18). The van der Waals surface area contributed by atoms with Gasteiger partial charge in [0.25, 0.3) is 0 Å². The Morgan fingerprint density at radius 3 is 1.95 bits per heavy atom. The van der Waals surface area contributed by atoms with E-state index >= 15 is 0 Å². The van der Waals surface area contributed by atoms with Crippen LogP contribution in [-0.2, 0) is 10.3 Å². The number of carbonyl (C=O) groups is 1. The molecule has 0 amide bonds. The molecular formula is C14H22N2O3. The van der Waals surface area contributed by atoms with Crippen molar-refractivity contribution in [2.75, 3.05) is 6.61 Å². The lowest BCUT2D eigenvalue weighted by atomic mass is 9.95. The zero-order chi connectivity index (χ0) is 14.6. The Morgan fingerprint density at radius 2 is 1.63 bits per heavy atom. The quantitative estimate of drug-likeness (QED) is 0.857. The fourth-order valence-electron chi connectivity index (χ4n) is 2.34. The lowest BCUT2D eigenvalue weighted by Crippen LogP contribution is -2.32. The van der Waals surface area contributed by atoms with E-state index in [0.29, 0.717) is 23.8 Å². The number of aromatic carboxylic acids is 1. The van der Waals surface area contributed by atoms with Crippen molar-refractivity contribution in [1.29, 1.82) is 0 Å². The van der Waals surface area contributed by atoms with E-state index < -0.39 is 11.6 Å². The highest BCUT2D eigenvalue weighted by Gasteiger charge is 2.33. The third-order valence-corrected chi connectivity index (χ3v) is 3.46. The van der Waals surface area contributed by atoms with Gasteiger partial charge in [0.05, 0.1) is 11.4 Å². The Hall–Kier alpha value is -1.49. The van der Waals surface area contributed by atoms with E-state index in [4.69, 9.17) is 9.84 Å². The van der Waals surface area contributed by atoms with Crippen molar-refractivity contribution in [2.24, 2.45) is 0 Å². The summed E-state index contributed by atoms with van der Waals surface area (Å²) in [6.07, 6.45) is 1.51. The van der Waals surface area contributed by atoms with E-state index in [2.05, 4.69) is 9.97 Å². The van der Waals surface area contributed by atoms with Gasteiger partial charge < -0.3 is 9.84 Å². The van der Waals surface area contributed by atoms with Crippen LogP contribution in [0.1, 0.15) is 61.2 Å². The first-order valence-corrected chi connectivity index (χ1v) is 6.64. The number of nitrogens with zero attached hydrogens (tertiary/aromatic N) is 2. The minimum Gasteiger partial charge on any atom is -0.478 e. The second kappa shape index (κ2) is 6.10. The van der Waals surface area contributed by atoms with Crippen molar-refractivity contribution in [3.05, 3.63) is 22.8 Å². The third-order valence-electron chi connectivity index (χ3n) is 3.46. The molecule has 0 fully saturated rings. The van der Waals surface area contributed by atoms with Crippen molar-refractivity contribution in [2.45, 2.75) is 53.1 Å². The number of aromatic nitrogens is 2. The Kier molecular flexibility index (Phi) is 5.00. The van der Waals surface area contributed by atoms with E-state index in [-0.39, 0.29) is 5.56 Å². The van der Waals surface area contributed by atoms with Crippen LogP contribution in [0.4, 0.5) is 0 Å². The molecule has 0 bridgehead atoms. The summed E-state index contributed by atoms with van der Waals surface area (Å²) < 4.78 is 5.85. The molecule has 1 heterocycles. The van der Waals surface area contributed by atoms with Crippen molar-refractivity contribution >= 4 is 5.97 Å². The zero-order valence-corrected chi connectivity index (χ0v) is 12.3. The van der Waals surface area contributed by atoms with E-state index in [1.807, 2.05) is 20.8 Å². The van der Waals surface area contributed by atoms with Crippen molar-refractivity contribution in [3.63, 3.8) is 0 Å². The van der Waals surface area contributed by atoms with Crippen LogP contribution in [0.2, 0.25) is 0 Å². The highest BCUT2D eigenvalue weighted by molar-refractivity contribution is 5.89. The molecule has 0 saturated carbocycles.